The van der Waals surface area contributed by atoms with E-state index in [0.29, 0.717) is 34.7 Å². The summed E-state index contributed by atoms with van der Waals surface area (Å²) in [6.07, 6.45) is 3.91. The molecule has 0 aliphatic carbocycles. The van der Waals surface area contributed by atoms with Gasteiger partial charge in [-0.3, -0.25) is 14.6 Å². The van der Waals surface area contributed by atoms with Crippen molar-refractivity contribution in [1.29, 1.82) is 0 Å². The van der Waals surface area contributed by atoms with Crippen molar-refractivity contribution in [1.82, 2.24) is 19.8 Å². The molecule has 1 aromatic carbocycles. The van der Waals surface area contributed by atoms with E-state index in [0.717, 1.165) is 5.56 Å². The molecule has 2 aromatic heterocycles. The van der Waals surface area contributed by atoms with Crippen molar-refractivity contribution in [2.75, 3.05) is 27.2 Å². The lowest BCUT2D eigenvalue weighted by atomic mass is 9.97. The topological polar surface area (TPSA) is 66.4 Å². The first-order valence-corrected chi connectivity index (χ1v) is 9.78. The van der Waals surface area contributed by atoms with Crippen molar-refractivity contribution in [3.63, 3.8) is 0 Å². The van der Waals surface area contributed by atoms with Crippen LogP contribution in [0.15, 0.2) is 36.7 Å². The van der Waals surface area contributed by atoms with Crippen molar-refractivity contribution < 1.29 is 14.0 Å². The molecular formula is C20H19FN4O2S. The van der Waals surface area contributed by atoms with Gasteiger partial charge < -0.3 is 9.80 Å². The molecule has 1 atom stereocenters. The van der Waals surface area contributed by atoms with Crippen molar-refractivity contribution in [3.05, 3.63) is 58.5 Å². The van der Waals surface area contributed by atoms with E-state index in [4.69, 9.17) is 0 Å². The van der Waals surface area contributed by atoms with Gasteiger partial charge in [0.05, 0.1) is 10.4 Å². The number of likely N-dealkylation sites (tertiary alicyclic amines) is 1. The van der Waals surface area contributed by atoms with Crippen LogP contribution in [0.4, 0.5) is 4.39 Å². The zero-order valence-electron chi connectivity index (χ0n) is 15.6. The molecule has 3 aromatic rings. The highest BCUT2D eigenvalue weighted by Crippen LogP contribution is 2.39. The van der Waals surface area contributed by atoms with E-state index in [1.54, 1.807) is 43.5 Å². The summed E-state index contributed by atoms with van der Waals surface area (Å²) in [6.45, 7) is 0.925. The van der Waals surface area contributed by atoms with E-state index in [-0.39, 0.29) is 23.3 Å². The highest BCUT2D eigenvalue weighted by Gasteiger charge is 2.34. The first-order valence-electron chi connectivity index (χ1n) is 8.96. The summed E-state index contributed by atoms with van der Waals surface area (Å²) in [5.41, 5.74) is 1.63. The van der Waals surface area contributed by atoms with Gasteiger partial charge in [0.1, 0.15) is 16.2 Å². The molecule has 8 heteroatoms. The Hall–Kier alpha value is -2.87. The Morgan fingerprint density at radius 3 is 2.71 bits per heavy atom. The summed E-state index contributed by atoms with van der Waals surface area (Å²) >= 11 is 1.33. The number of hydrogen-bond acceptors (Lipinski definition) is 5. The molecule has 0 N–H and O–H groups in total. The molecule has 0 radical (unpaired) electrons. The van der Waals surface area contributed by atoms with E-state index in [1.165, 1.54) is 28.4 Å². The average molecular weight is 398 g/mol. The summed E-state index contributed by atoms with van der Waals surface area (Å²) in [4.78, 5) is 38.8. The summed E-state index contributed by atoms with van der Waals surface area (Å²) in [6, 6.07) is 6.00. The maximum atomic E-state index is 14.0. The number of thiophene rings is 1. The lowest BCUT2D eigenvalue weighted by Crippen LogP contribution is -2.29. The molecule has 1 unspecified atom stereocenters. The maximum Gasteiger partial charge on any atom is 0.263 e. The second-order valence-electron chi connectivity index (χ2n) is 6.97. The van der Waals surface area contributed by atoms with Gasteiger partial charge in [0, 0.05) is 51.1 Å². The SMILES string of the molecule is CN(C)C(=O)c1sc2nccnc2c1C1CCN(C(=O)c2ccccc2F)C1. The van der Waals surface area contributed by atoms with Crippen molar-refractivity contribution in [2.45, 2.75) is 12.3 Å². The Labute approximate surface area is 165 Å². The Morgan fingerprint density at radius 2 is 1.96 bits per heavy atom. The number of aromatic nitrogens is 2. The van der Waals surface area contributed by atoms with Crippen LogP contribution in [0.3, 0.4) is 0 Å². The van der Waals surface area contributed by atoms with Gasteiger partial charge in [-0.15, -0.1) is 11.3 Å². The molecule has 6 nitrogen and oxygen atoms in total. The van der Waals surface area contributed by atoms with E-state index >= 15 is 0 Å². The van der Waals surface area contributed by atoms with Crippen molar-refractivity contribution >= 4 is 33.5 Å². The standard InChI is InChI=1S/C20H19FN4O2S/c1-24(2)20(27)17-15(16-18(28-17)23-9-8-22-16)12-7-10-25(11-12)19(26)13-5-3-4-6-14(13)21/h3-6,8-9,12H,7,10-11H2,1-2H3. The molecular weight excluding hydrogens is 379 g/mol. The summed E-state index contributed by atoms with van der Waals surface area (Å²) < 4.78 is 14.0. The third-order valence-corrected chi connectivity index (χ3v) is 6.04. The van der Waals surface area contributed by atoms with Gasteiger partial charge in [0.25, 0.3) is 11.8 Å². The zero-order valence-corrected chi connectivity index (χ0v) is 16.4. The number of benzene rings is 1. The monoisotopic (exact) mass is 398 g/mol. The van der Waals surface area contributed by atoms with Gasteiger partial charge in [-0.05, 0) is 18.6 Å². The predicted octanol–water partition coefficient (Wildman–Crippen LogP) is 3.16. The van der Waals surface area contributed by atoms with Crippen LogP contribution in [0.5, 0.6) is 0 Å². The number of nitrogens with zero attached hydrogens (tertiary/aromatic N) is 4. The highest BCUT2D eigenvalue weighted by atomic mass is 32.1. The first kappa shape index (κ1) is 18.5. The molecule has 0 spiro atoms. The van der Waals surface area contributed by atoms with E-state index in [1.807, 2.05) is 0 Å². The average Bonchev–Trinajstić information content (AvgIpc) is 3.31. The van der Waals surface area contributed by atoms with Crippen LogP contribution in [-0.4, -0.2) is 58.8 Å². The summed E-state index contributed by atoms with van der Waals surface area (Å²) in [7, 11) is 3.42. The van der Waals surface area contributed by atoms with Crippen LogP contribution in [-0.2, 0) is 0 Å². The number of hydrogen-bond donors (Lipinski definition) is 0. The number of amides is 2. The number of carbonyl (C=O) groups excluding carboxylic acids is 2. The molecule has 2 amide bonds. The smallest absolute Gasteiger partial charge is 0.263 e. The lowest BCUT2D eigenvalue weighted by molar-refractivity contribution is 0.0786. The van der Waals surface area contributed by atoms with Crippen LogP contribution in [0, 0.1) is 5.82 Å². The van der Waals surface area contributed by atoms with E-state index in [2.05, 4.69) is 9.97 Å². The molecule has 1 fully saturated rings. The van der Waals surface area contributed by atoms with Crippen LogP contribution in [0.25, 0.3) is 10.3 Å². The number of rotatable bonds is 3. The fraction of sp³-hybridized carbons (Fsp3) is 0.300. The zero-order chi connectivity index (χ0) is 19.8. The molecule has 4 rings (SSSR count). The Morgan fingerprint density at radius 1 is 1.21 bits per heavy atom. The first-order chi connectivity index (χ1) is 13.5. The van der Waals surface area contributed by atoms with E-state index in [9.17, 15) is 14.0 Å². The second-order valence-corrected chi connectivity index (χ2v) is 7.97. The van der Waals surface area contributed by atoms with Gasteiger partial charge in [0.2, 0.25) is 0 Å². The van der Waals surface area contributed by atoms with E-state index < -0.39 is 5.82 Å². The Balaban J connectivity index is 1.68. The van der Waals surface area contributed by atoms with Crippen LogP contribution >= 0.6 is 11.3 Å². The molecule has 28 heavy (non-hydrogen) atoms. The molecule has 1 aliphatic heterocycles. The van der Waals surface area contributed by atoms with Gasteiger partial charge in [-0.2, -0.15) is 0 Å². The Bertz CT molecular complexity index is 1070. The molecule has 1 saturated heterocycles. The summed E-state index contributed by atoms with van der Waals surface area (Å²) in [5, 5.41) is 0. The minimum atomic E-state index is -0.522. The third kappa shape index (κ3) is 3.13. The highest BCUT2D eigenvalue weighted by molar-refractivity contribution is 7.20. The largest absolute Gasteiger partial charge is 0.344 e. The van der Waals surface area contributed by atoms with Crippen LogP contribution in [0.2, 0.25) is 0 Å². The fourth-order valence-electron chi connectivity index (χ4n) is 3.57. The van der Waals surface area contributed by atoms with Gasteiger partial charge in [-0.1, -0.05) is 12.1 Å². The lowest BCUT2D eigenvalue weighted by Gasteiger charge is -2.18. The second kappa shape index (κ2) is 7.27. The van der Waals surface area contributed by atoms with Gasteiger partial charge in [-0.25, -0.2) is 9.37 Å². The van der Waals surface area contributed by atoms with Crippen molar-refractivity contribution in [3.8, 4) is 0 Å². The van der Waals surface area contributed by atoms with Gasteiger partial charge in [0.15, 0.2) is 0 Å². The molecule has 0 bridgehead atoms. The third-order valence-electron chi connectivity index (χ3n) is 4.95. The predicted molar refractivity (Wildman–Crippen MR) is 105 cm³/mol. The number of halogens is 1. The normalized spacial score (nSPS) is 16.5. The maximum absolute atomic E-state index is 14.0. The minimum absolute atomic E-state index is 0.0416. The molecule has 3 heterocycles. The van der Waals surface area contributed by atoms with Crippen LogP contribution in [0.1, 0.15) is 37.9 Å². The Kier molecular flexibility index (Phi) is 4.80. The minimum Gasteiger partial charge on any atom is -0.344 e. The number of carbonyl (C=O) groups is 2. The molecule has 0 saturated carbocycles. The quantitative estimate of drug-likeness (QED) is 0.680. The van der Waals surface area contributed by atoms with Crippen LogP contribution < -0.4 is 0 Å². The molecule has 1 aliphatic rings. The van der Waals surface area contributed by atoms with Gasteiger partial charge >= 0.3 is 0 Å². The fourth-order valence-corrected chi connectivity index (χ4v) is 4.78. The number of fused-ring (bicyclic) bond motifs is 1. The summed E-state index contributed by atoms with van der Waals surface area (Å²) in [5.74, 6) is -0.989. The molecule has 144 valence electrons. The van der Waals surface area contributed by atoms with Crippen molar-refractivity contribution in [2.24, 2.45) is 0 Å².